The summed E-state index contributed by atoms with van der Waals surface area (Å²) in [4.78, 5) is 39.5. The normalized spacial score (nSPS) is 17.3. The summed E-state index contributed by atoms with van der Waals surface area (Å²) in [6.45, 7) is 0. The third kappa shape index (κ3) is 4.45. The summed E-state index contributed by atoms with van der Waals surface area (Å²) in [5.41, 5.74) is 1.38. The number of hydrogen-bond acceptors (Lipinski definition) is 4. The zero-order valence-corrected chi connectivity index (χ0v) is 18.2. The summed E-state index contributed by atoms with van der Waals surface area (Å²) >= 11 is 12.3. The number of benzene rings is 2. The second-order valence-corrected chi connectivity index (χ2v) is 8.39. The van der Waals surface area contributed by atoms with E-state index in [0.29, 0.717) is 22.0 Å². The van der Waals surface area contributed by atoms with Crippen molar-refractivity contribution in [3.05, 3.63) is 69.8 Å². The number of anilines is 2. The van der Waals surface area contributed by atoms with E-state index in [4.69, 9.17) is 23.2 Å². The average Bonchev–Trinajstić information content (AvgIpc) is 2.99. The Morgan fingerprint density at radius 3 is 2.42 bits per heavy atom. The van der Waals surface area contributed by atoms with Gasteiger partial charge in [0.1, 0.15) is 10.7 Å². The standard InChI is InChI=1S/C23H21Cl2N3O3/c24-17-11-4-5-12-18(17)27-21(29)14-7-6-8-15(13-14)26-20-19(25)22(30)28(23(20)31)16-9-2-1-3-10-16/h4-8,11-13,16,26H,1-3,9-10H2,(H,27,29). The van der Waals surface area contributed by atoms with Crippen LogP contribution in [0.2, 0.25) is 5.02 Å². The topological polar surface area (TPSA) is 78.5 Å². The van der Waals surface area contributed by atoms with Crippen molar-refractivity contribution in [2.75, 3.05) is 10.6 Å². The highest BCUT2D eigenvalue weighted by atomic mass is 35.5. The fraction of sp³-hybridized carbons (Fsp3) is 0.261. The molecule has 0 unspecified atom stereocenters. The first-order chi connectivity index (χ1) is 15.0. The Labute approximate surface area is 190 Å². The number of halogens is 2. The first-order valence-electron chi connectivity index (χ1n) is 10.2. The minimum Gasteiger partial charge on any atom is -0.350 e. The van der Waals surface area contributed by atoms with E-state index < -0.39 is 11.8 Å². The van der Waals surface area contributed by atoms with Gasteiger partial charge in [0, 0.05) is 17.3 Å². The molecule has 31 heavy (non-hydrogen) atoms. The molecule has 0 saturated heterocycles. The third-order valence-electron chi connectivity index (χ3n) is 5.51. The molecule has 0 aromatic heterocycles. The van der Waals surface area contributed by atoms with E-state index in [-0.39, 0.29) is 22.7 Å². The molecule has 4 rings (SSSR count). The van der Waals surface area contributed by atoms with Crippen LogP contribution in [-0.2, 0) is 9.59 Å². The van der Waals surface area contributed by atoms with Crippen LogP contribution in [0.3, 0.4) is 0 Å². The quantitative estimate of drug-likeness (QED) is 0.607. The van der Waals surface area contributed by atoms with Crippen molar-refractivity contribution >= 4 is 52.3 Å². The molecule has 0 spiro atoms. The van der Waals surface area contributed by atoms with Gasteiger partial charge in [-0.15, -0.1) is 0 Å². The molecule has 0 radical (unpaired) electrons. The van der Waals surface area contributed by atoms with Crippen molar-refractivity contribution in [1.82, 2.24) is 4.90 Å². The van der Waals surface area contributed by atoms with Crippen molar-refractivity contribution in [3.8, 4) is 0 Å². The largest absolute Gasteiger partial charge is 0.350 e. The average molecular weight is 458 g/mol. The van der Waals surface area contributed by atoms with Gasteiger partial charge < -0.3 is 10.6 Å². The van der Waals surface area contributed by atoms with Crippen molar-refractivity contribution < 1.29 is 14.4 Å². The van der Waals surface area contributed by atoms with Crippen LogP contribution in [-0.4, -0.2) is 28.7 Å². The Kier molecular flexibility index (Phi) is 6.30. The molecule has 8 heteroatoms. The molecular formula is C23H21Cl2N3O3. The lowest BCUT2D eigenvalue weighted by Gasteiger charge is -2.29. The van der Waals surface area contributed by atoms with Crippen LogP contribution in [0.25, 0.3) is 0 Å². The smallest absolute Gasteiger partial charge is 0.279 e. The molecule has 2 N–H and O–H groups in total. The van der Waals surface area contributed by atoms with Gasteiger partial charge in [-0.05, 0) is 43.2 Å². The highest BCUT2D eigenvalue weighted by Crippen LogP contribution is 2.32. The third-order valence-corrected chi connectivity index (χ3v) is 6.19. The Bertz CT molecular complexity index is 1080. The molecule has 6 nitrogen and oxygen atoms in total. The fourth-order valence-electron chi connectivity index (χ4n) is 3.94. The van der Waals surface area contributed by atoms with Crippen LogP contribution >= 0.6 is 23.2 Å². The maximum absolute atomic E-state index is 12.9. The van der Waals surface area contributed by atoms with Crippen LogP contribution in [0.15, 0.2) is 59.3 Å². The Morgan fingerprint density at radius 2 is 1.68 bits per heavy atom. The second kappa shape index (κ2) is 9.12. The van der Waals surface area contributed by atoms with Gasteiger partial charge in [0.25, 0.3) is 17.7 Å². The Morgan fingerprint density at radius 1 is 0.935 bits per heavy atom. The van der Waals surface area contributed by atoms with E-state index in [9.17, 15) is 14.4 Å². The summed E-state index contributed by atoms with van der Waals surface area (Å²) < 4.78 is 0. The molecule has 1 heterocycles. The molecule has 1 aliphatic heterocycles. The summed E-state index contributed by atoms with van der Waals surface area (Å²) in [5.74, 6) is -1.24. The molecule has 3 amide bonds. The molecule has 1 saturated carbocycles. The van der Waals surface area contributed by atoms with E-state index in [1.807, 2.05) is 0 Å². The summed E-state index contributed by atoms with van der Waals surface area (Å²) in [7, 11) is 0. The van der Waals surface area contributed by atoms with Gasteiger partial charge in [-0.1, -0.05) is 60.7 Å². The molecular weight excluding hydrogens is 437 g/mol. The van der Waals surface area contributed by atoms with Gasteiger partial charge in [0.05, 0.1) is 10.7 Å². The van der Waals surface area contributed by atoms with Crippen molar-refractivity contribution in [1.29, 1.82) is 0 Å². The number of imide groups is 1. The molecule has 160 valence electrons. The second-order valence-electron chi connectivity index (χ2n) is 7.60. The van der Waals surface area contributed by atoms with E-state index in [0.717, 1.165) is 32.1 Å². The lowest BCUT2D eigenvalue weighted by Crippen LogP contribution is -2.42. The molecule has 2 aromatic carbocycles. The van der Waals surface area contributed by atoms with Gasteiger partial charge in [-0.25, -0.2) is 0 Å². The number of nitrogens with zero attached hydrogens (tertiary/aromatic N) is 1. The van der Waals surface area contributed by atoms with E-state index in [1.165, 1.54) is 4.90 Å². The van der Waals surface area contributed by atoms with Gasteiger partial charge >= 0.3 is 0 Å². The van der Waals surface area contributed by atoms with Crippen molar-refractivity contribution in [2.45, 2.75) is 38.1 Å². The molecule has 2 aliphatic rings. The first-order valence-corrected chi connectivity index (χ1v) is 10.9. The summed E-state index contributed by atoms with van der Waals surface area (Å²) in [5, 5.41) is 6.00. The van der Waals surface area contributed by atoms with Crippen LogP contribution in [0.5, 0.6) is 0 Å². The zero-order chi connectivity index (χ0) is 22.0. The van der Waals surface area contributed by atoms with Crippen molar-refractivity contribution in [2.24, 2.45) is 0 Å². The summed E-state index contributed by atoms with van der Waals surface area (Å²) in [6.07, 6.45) is 4.69. The van der Waals surface area contributed by atoms with Gasteiger partial charge in [-0.3, -0.25) is 19.3 Å². The Hall–Kier alpha value is -2.83. The van der Waals surface area contributed by atoms with Crippen LogP contribution in [0.4, 0.5) is 11.4 Å². The number of hydrogen-bond donors (Lipinski definition) is 2. The van der Waals surface area contributed by atoms with Crippen molar-refractivity contribution in [3.63, 3.8) is 0 Å². The zero-order valence-electron chi connectivity index (χ0n) is 16.7. The summed E-state index contributed by atoms with van der Waals surface area (Å²) in [6, 6.07) is 13.4. The number of nitrogens with one attached hydrogen (secondary N) is 2. The number of carbonyl (C=O) groups excluding carboxylic acids is 3. The van der Waals surface area contributed by atoms with Gasteiger partial charge in [0.2, 0.25) is 0 Å². The van der Waals surface area contributed by atoms with E-state index in [1.54, 1.807) is 48.5 Å². The fourth-order valence-corrected chi connectivity index (χ4v) is 4.34. The van der Waals surface area contributed by atoms with E-state index in [2.05, 4.69) is 10.6 Å². The predicted octanol–water partition coefficient (Wildman–Crippen LogP) is 5.16. The maximum Gasteiger partial charge on any atom is 0.279 e. The van der Waals surface area contributed by atoms with Crippen LogP contribution in [0.1, 0.15) is 42.5 Å². The minimum absolute atomic E-state index is 0.0425. The lowest BCUT2D eigenvalue weighted by molar-refractivity contribution is -0.140. The first kappa shape index (κ1) is 21.4. The number of carbonyl (C=O) groups is 3. The highest BCUT2D eigenvalue weighted by molar-refractivity contribution is 6.48. The molecule has 1 aliphatic carbocycles. The van der Waals surface area contributed by atoms with Crippen LogP contribution < -0.4 is 10.6 Å². The molecule has 2 aromatic rings. The number of para-hydroxylation sites is 1. The predicted molar refractivity (Wildman–Crippen MR) is 121 cm³/mol. The molecule has 1 fully saturated rings. The van der Waals surface area contributed by atoms with Gasteiger partial charge in [-0.2, -0.15) is 0 Å². The maximum atomic E-state index is 12.9. The van der Waals surface area contributed by atoms with Crippen LogP contribution in [0, 0.1) is 0 Å². The monoisotopic (exact) mass is 457 g/mol. The van der Waals surface area contributed by atoms with Gasteiger partial charge in [0.15, 0.2) is 0 Å². The SMILES string of the molecule is O=C(Nc1ccccc1Cl)c1cccc(NC2=C(Cl)C(=O)N(C3CCCCC3)C2=O)c1. The van der Waals surface area contributed by atoms with E-state index >= 15 is 0 Å². The molecule has 0 bridgehead atoms. The number of amides is 3. The molecule has 0 atom stereocenters. The lowest BCUT2D eigenvalue weighted by atomic mass is 9.94. The minimum atomic E-state index is -0.464. The highest BCUT2D eigenvalue weighted by Gasteiger charge is 2.42. The Balaban J connectivity index is 1.51. The number of rotatable bonds is 5.